The van der Waals surface area contributed by atoms with Gasteiger partial charge in [0.05, 0.1) is 6.10 Å². The lowest BCUT2D eigenvalue weighted by molar-refractivity contribution is -0.114. The summed E-state index contributed by atoms with van der Waals surface area (Å²) in [6.45, 7) is 1.89. The van der Waals surface area contributed by atoms with Crippen LogP contribution in [-0.4, -0.2) is 11.4 Å². The van der Waals surface area contributed by atoms with Crippen LogP contribution in [0.15, 0.2) is 30.3 Å². The second-order valence-electron chi connectivity index (χ2n) is 3.06. The number of rotatable bonds is 4. The third-order valence-corrected chi connectivity index (χ3v) is 2.19. The van der Waals surface area contributed by atoms with Gasteiger partial charge in [-0.1, -0.05) is 37.3 Å². The van der Waals surface area contributed by atoms with Gasteiger partial charge in [0.2, 0.25) is 0 Å². The molecule has 0 bridgehead atoms. The average molecular weight is 178 g/mol. The molecule has 0 spiro atoms. The van der Waals surface area contributed by atoms with Crippen molar-refractivity contribution in [1.29, 1.82) is 0 Å². The Hall–Kier alpha value is -1.15. The van der Waals surface area contributed by atoms with Crippen molar-refractivity contribution in [2.45, 2.75) is 19.4 Å². The lowest BCUT2D eigenvalue weighted by atomic mass is 9.95. The Labute approximate surface area is 78.2 Å². The molecule has 0 heterocycles. The Morgan fingerprint density at radius 3 is 2.46 bits per heavy atom. The Morgan fingerprint density at radius 1 is 1.38 bits per heavy atom. The van der Waals surface area contributed by atoms with Crippen LogP contribution in [0.5, 0.6) is 0 Å². The standard InChI is InChI=1S/C11H14O2/c1-2-9(8-12)11(13)10-6-4-3-5-7-10/h3-9,11,13H,2H2,1H3/t9-,11-/m0/s1. The maximum absolute atomic E-state index is 10.6. The zero-order valence-corrected chi connectivity index (χ0v) is 7.68. The molecular formula is C11H14O2. The Bertz CT molecular complexity index is 256. The van der Waals surface area contributed by atoms with Gasteiger partial charge in [0.1, 0.15) is 6.29 Å². The third kappa shape index (κ3) is 2.39. The molecule has 0 aromatic heterocycles. The van der Waals surface area contributed by atoms with Gasteiger partial charge in [-0.25, -0.2) is 0 Å². The summed E-state index contributed by atoms with van der Waals surface area (Å²) in [7, 11) is 0. The first kappa shape index (κ1) is 9.93. The minimum atomic E-state index is -0.663. The van der Waals surface area contributed by atoms with E-state index in [1.165, 1.54) is 0 Å². The summed E-state index contributed by atoms with van der Waals surface area (Å²) in [4.78, 5) is 10.6. The number of hydrogen-bond acceptors (Lipinski definition) is 2. The van der Waals surface area contributed by atoms with Crippen molar-refractivity contribution in [3.05, 3.63) is 35.9 Å². The molecule has 1 aromatic carbocycles. The van der Waals surface area contributed by atoms with Crippen molar-refractivity contribution in [3.63, 3.8) is 0 Å². The van der Waals surface area contributed by atoms with Crippen LogP contribution in [0.2, 0.25) is 0 Å². The van der Waals surface area contributed by atoms with Gasteiger partial charge >= 0.3 is 0 Å². The van der Waals surface area contributed by atoms with Crippen LogP contribution < -0.4 is 0 Å². The van der Waals surface area contributed by atoms with E-state index < -0.39 is 6.10 Å². The van der Waals surface area contributed by atoms with E-state index in [9.17, 15) is 9.90 Å². The van der Waals surface area contributed by atoms with Gasteiger partial charge in [-0.05, 0) is 12.0 Å². The van der Waals surface area contributed by atoms with Gasteiger partial charge in [-0.15, -0.1) is 0 Å². The second kappa shape index (κ2) is 4.77. The monoisotopic (exact) mass is 178 g/mol. The van der Waals surface area contributed by atoms with E-state index in [4.69, 9.17) is 0 Å². The van der Waals surface area contributed by atoms with E-state index in [0.29, 0.717) is 6.42 Å². The Balaban J connectivity index is 2.77. The highest BCUT2D eigenvalue weighted by atomic mass is 16.3. The molecule has 0 aliphatic heterocycles. The first-order chi connectivity index (χ1) is 6.29. The largest absolute Gasteiger partial charge is 0.388 e. The molecule has 0 saturated heterocycles. The molecule has 0 saturated carbocycles. The highest BCUT2D eigenvalue weighted by molar-refractivity contribution is 5.55. The Morgan fingerprint density at radius 2 is 2.00 bits per heavy atom. The summed E-state index contributed by atoms with van der Waals surface area (Å²) in [5, 5.41) is 9.75. The molecule has 1 aromatic rings. The quantitative estimate of drug-likeness (QED) is 0.715. The molecule has 0 aliphatic rings. The lowest BCUT2D eigenvalue weighted by Crippen LogP contribution is -2.12. The molecule has 2 atom stereocenters. The van der Waals surface area contributed by atoms with Crippen LogP contribution in [0.4, 0.5) is 0 Å². The fourth-order valence-electron chi connectivity index (χ4n) is 1.29. The van der Waals surface area contributed by atoms with E-state index in [1.54, 1.807) is 0 Å². The summed E-state index contributed by atoms with van der Waals surface area (Å²) in [6, 6.07) is 9.26. The molecule has 70 valence electrons. The molecule has 1 rings (SSSR count). The van der Waals surface area contributed by atoms with Crippen molar-refractivity contribution >= 4 is 6.29 Å². The van der Waals surface area contributed by atoms with Crippen molar-refractivity contribution in [2.75, 3.05) is 0 Å². The maximum Gasteiger partial charge on any atom is 0.125 e. The smallest absolute Gasteiger partial charge is 0.125 e. The van der Waals surface area contributed by atoms with Gasteiger partial charge in [0.25, 0.3) is 0 Å². The van der Waals surface area contributed by atoms with Crippen LogP contribution in [0.25, 0.3) is 0 Å². The van der Waals surface area contributed by atoms with E-state index >= 15 is 0 Å². The lowest BCUT2D eigenvalue weighted by Gasteiger charge is -2.15. The minimum Gasteiger partial charge on any atom is -0.388 e. The number of carbonyl (C=O) groups excluding carboxylic acids is 1. The third-order valence-electron chi connectivity index (χ3n) is 2.19. The molecule has 0 unspecified atom stereocenters. The molecule has 0 aliphatic carbocycles. The van der Waals surface area contributed by atoms with Gasteiger partial charge in [-0.2, -0.15) is 0 Å². The van der Waals surface area contributed by atoms with Crippen LogP contribution in [0.1, 0.15) is 25.0 Å². The number of aldehydes is 1. The van der Waals surface area contributed by atoms with Crippen LogP contribution in [0.3, 0.4) is 0 Å². The molecule has 2 heteroatoms. The van der Waals surface area contributed by atoms with E-state index in [0.717, 1.165) is 11.8 Å². The molecule has 0 radical (unpaired) electrons. The highest BCUT2D eigenvalue weighted by Crippen LogP contribution is 2.22. The topological polar surface area (TPSA) is 37.3 Å². The molecule has 2 nitrogen and oxygen atoms in total. The predicted octanol–water partition coefficient (Wildman–Crippen LogP) is 1.95. The van der Waals surface area contributed by atoms with Crippen LogP contribution >= 0.6 is 0 Å². The predicted molar refractivity (Wildman–Crippen MR) is 51.2 cm³/mol. The molecule has 0 amide bonds. The van der Waals surface area contributed by atoms with Crippen molar-refractivity contribution in [3.8, 4) is 0 Å². The second-order valence-corrected chi connectivity index (χ2v) is 3.06. The van der Waals surface area contributed by atoms with E-state index in [-0.39, 0.29) is 5.92 Å². The van der Waals surface area contributed by atoms with Gasteiger partial charge in [0.15, 0.2) is 0 Å². The summed E-state index contributed by atoms with van der Waals surface area (Å²) in [6.07, 6.45) is 0.820. The number of aliphatic hydroxyl groups excluding tert-OH is 1. The van der Waals surface area contributed by atoms with Crippen molar-refractivity contribution in [1.82, 2.24) is 0 Å². The van der Waals surface area contributed by atoms with Crippen molar-refractivity contribution < 1.29 is 9.90 Å². The SMILES string of the molecule is CC[C@@H](C=O)[C@H](O)c1ccccc1. The molecule has 1 N–H and O–H groups in total. The normalized spacial score (nSPS) is 14.9. The summed E-state index contributed by atoms with van der Waals surface area (Å²) in [5.41, 5.74) is 0.807. The molecule has 13 heavy (non-hydrogen) atoms. The first-order valence-electron chi connectivity index (χ1n) is 4.48. The highest BCUT2D eigenvalue weighted by Gasteiger charge is 2.17. The fourth-order valence-corrected chi connectivity index (χ4v) is 1.29. The summed E-state index contributed by atoms with van der Waals surface area (Å²) < 4.78 is 0. The average Bonchev–Trinajstić information content (AvgIpc) is 2.21. The van der Waals surface area contributed by atoms with Gasteiger partial charge < -0.3 is 9.90 Å². The number of aliphatic hydroxyl groups is 1. The van der Waals surface area contributed by atoms with E-state index in [1.807, 2.05) is 37.3 Å². The number of hydrogen-bond donors (Lipinski definition) is 1. The fraction of sp³-hybridized carbons (Fsp3) is 0.364. The van der Waals surface area contributed by atoms with Gasteiger partial charge in [0, 0.05) is 5.92 Å². The van der Waals surface area contributed by atoms with E-state index in [2.05, 4.69) is 0 Å². The maximum atomic E-state index is 10.6. The van der Waals surface area contributed by atoms with Gasteiger partial charge in [-0.3, -0.25) is 0 Å². The molecular weight excluding hydrogens is 164 g/mol. The zero-order chi connectivity index (χ0) is 9.68. The van der Waals surface area contributed by atoms with Crippen LogP contribution in [-0.2, 0) is 4.79 Å². The first-order valence-corrected chi connectivity index (χ1v) is 4.48. The summed E-state index contributed by atoms with van der Waals surface area (Å²) in [5.74, 6) is -0.289. The van der Waals surface area contributed by atoms with Crippen LogP contribution in [0, 0.1) is 5.92 Å². The van der Waals surface area contributed by atoms with Crippen molar-refractivity contribution in [2.24, 2.45) is 5.92 Å². The number of carbonyl (C=O) groups is 1. The minimum absolute atomic E-state index is 0.289. The molecule has 0 fully saturated rings. The Kier molecular flexibility index (Phi) is 3.65. The summed E-state index contributed by atoms with van der Waals surface area (Å²) >= 11 is 0. The number of benzene rings is 1. The zero-order valence-electron chi connectivity index (χ0n) is 7.68.